The van der Waals surface area contributed by atoms with Gasteiger partial charge in [0.1, 0.15) is 12.2 Å². The summed E-state index contributed by atoms with van der Waals surface area (Å²) in [6.07, 6.45) is -9.28. The second-order valence-electron chi connectivity index (χ2n) is 2.55. The predicted octanol–water partition coefficient (Wildman–Crippen LogP) is -6.70. The first-order valence-corrected chi connectivity index (χ1v) is 3.47. The second kappa shape index (κ2) is 12.1. The highest BCUT2D eigenvalue weighted by Crippen LogP contribution is 2.05. The molecule has 0 heterocycles. The molecule has 0 amide bonds. The van der Waals surface area contributed by atoms with Crippen molar-refractivity contribution < 1.29 is 62.1 Å². The number of hydrogen-bond donors (Lipinski definition) is 6. The van der Waals surface area contributed by atoms with E-state index in [1.165, 1.54) is 0 Å². The van der Waals surface area contributed by atoms with Crippen molar-refractivity contribution in [2.45, 2.75) is 24.4 Å². The van der Waals surface area contributed by atoms with Gasteiger partial charge in [0.15, 0.2) is 12.2 Å². The molecule has 0 spiro atoms. The maximum absolute atomic E-state index is 10.1. The Morgan fingerprint density at radius 3 is 0.889 bits per heavy atom. The van der Waals surface area contributed by atoms with Gasteiger partial charge in [0.05, 0.1) is 0 Å². The van der Waals surface area contributed by atoms with Crippen molar-refractivity contribution in [3.05, 3.63) is 0 Å². The second-order valence-corrected chi connectivity index (χ2v) is 2.55. The number of carbonyl (C=O) groups is 2. The van der Waals surface area contributed by atoms with Crippen molar-refractivity contribution in [2.75, 3.05) is 0 Å². The summed E-state index contributed by atoms with van der Waals surface area (Å²) in [7, 11) is 0. The van der Waals surface area contributed by atoms with Crippen LogP contribution in [-0.4, -0.2) is 88.9 Å². The fourth-order valence-electron chi connectivity index (χ4n) is 0.666. The van der Waals surface area contributed by atoms with E-state index in [0.29, 0.717) is 0 Å². The average molecular weight is 282 g/mol. The smallest absolute Gasteiger partial charge is 0.335 e. The normalized spacial score (nSPS) is 15.1. The molecule has 0 aliphatic heterocycles. The fourth-order valence-corrected chi connectivity index (χ4v) is 0.666. The molecule has 14 N–H and O–H groups in total. The lowest BCUT2D eigenvalue weighted by Crippen LogP contribution is -2.49. The summed E-state index contributed by atoms with van der Waals surface area (Å²) in [4.78, 5) is 20.2. The van der Waals surface area contributed by atoms with Crippen LogP contribution in [0.2, 0.25) is 0 Å². The first kappa shape index (κ1) is 30.0. The zero-order valence-electron chi connectivity index (χ0n) is 8.81. The third kappa shape index (κ3) is 7.82. The lowest BCUT2D eigenvalue weighted by Gasteiger charge is -2.21. The summed E-state index contributed by atoms with van der Waals surface area (Å²) in [5.41, 5.74) is 0. The van der Waals surface area contributed by atoms with Crippen LogP contribution in [0.15, 0.2) is 0 Å². The van der Waals surface area contributed by atoms with Crippen LogP contribution in [0.3, 0.4) is 0 Å². The Bertz CT molecular complexity index is 205. The van der Waals surface area contributed by atoms with E-state index in [4.69, 9.17) is 30.6 Å². The zero-order valence-corrected chi connectivity index (χ0v) is 8.81. The zero-order chi connectivity index (χ0) is 11.5. The molecule has 12 nitrogen and oxygen atoms in total. The van der Waals surface area contributed by atoms with E-state index in [-0.39, 0.29) is 21.9 Å². The van der Waals surface area contributed by atoms with Crippen LogP contribution in [0.5, 0.6) is 0 Å². The number of aliphatic hydroxyl groups excluding tert-OH is 4. The summed E-state index contributed by atoms with van der Waals surface area (Å²) >= 11 is 0. The summed E-state index contributed by atoms with van der Waals surface area (Å²) in [6, 6.07) is 0. The largest absolute Gasteiger partial charge is 0.479 e. The van der Waals surface area contributed by atoms with Crippen LogP contribution < -0.4 is 0 Å². The number of carboxylic acid groups (broad SMARTS) is 2. The molecule has 0 aliphatic carbocycles. The first-order chi connectivity index (χ1) is 6.29. The quantitative estimate of drug-likeness (QED) is 0.281. The maximum atomic E-state index is 10.1. The highest BCUT2D eigenvalue weighted by atomic mass is 16.4. The molecule has 0 aromatic heterocycles. The summed E-state index contributed by atoms with van der Waals surface area (Å²) in [6.45, 7) is 0. The number of rotatable bonds is 5. The number of aliphatic carboxylic acids is 2. The minimum absolute atomic E-state index is 0. The third-order valence-corrected chi connectivity index (χ3v) is 1.50. The SMILES string of the molecule is O.O.O.O.O=C(O)C(O)C(O)C(O)C(O)C(=O)O. The maximum Gasteiger partial charge on any atom is 0.335 e. The van der Waals surface area contributed by atoms with Gasteiger partial charge in [-0.05, 0) is 0 Å². The molecule has 0 saturated heterocycles. The average Bonchev–Trinajstić information content (AvgIpc) is 2.12. The Kier molecular flexibility index (Phi) is 20.2. The van der Waals surface area contributed by atoms with E-state index in [9.17, 15) is 9.59 Å². The standard InChI is InChI=1S/C6H10O8.4H2O/c7-1(3(9)5(11)12)2(8)4(10)6(13)14;;;;/h1-4,7-10H,(H,11,12)(H,13,14);4*1H2. The van der Waals surface area contributed by atoms with Gasteiger partial charge < -0.3 is 52.5 Å². The van der Waals surface area contributed by atoms with Gasteiger partial charge in [0.25, 0.3) is 0 Å². The monoisotopic (exact) mass is 282 g/mol. The molecule has 0 aromatic rings. The van der Waals surface area contributed by atoms with Crippen LogP contribution in [-0.2, 0) is 9.59 Å². The topological polar surface area (TPSA) is 282 Å². The minimum atomic E-state index is -2.36. The molecule has 0 radical (unpaired) electrons. The highest BCUT2D eigenvalue weighted by Gasteiger charge is 2.37. The Morgan fingerprint density at radius 2 is 0.778 bits per heavy atom. The minimum Gasteiger partial charge on any atom is -0.479 e. The third-order valence-electron chi connectivity index (χ3n) is 1.50. The molecule has 0 aliphatic rings. The summed E-state index contributed by atoms with van der Waals surface area (Å²) < 4.78 is 0. The molecular formula is C6H18O12. The lowest BCUT2D eigenvalue weighted by molar-refractivity contribution is -0.172. The molecule has 0 fully saturated rings. The van der Waals surface area contributed by atoms with Crippen LogP contribution in [0.4, 0.5) is 0 Å². The van der Waals surface area contributed by atoms with Gasteiger partial charge in [0.2, 0.25) is 0 Å². The van der Waals surface area contributed by atoms with Crippen LogP contribution in [0.25, 0.3) is 0 Å². The summed E-state index contributed by atoms with van der Waals surface area (Å²) in [5.74, 6) is -3.68. The van der Waals surface area contributed by atoms with Crippen molar-refractivity contribution >= 4 is 11.9 Å². The van der Waals surface area contributed by atoms with Crippen molar-refractivity contribution in [1.29, 1.82) is 0 Å². The first-order valence-electron chi connectivity index (χ1n) is 3.47. The molecular weight excluding hydrogens is 264 g/mol. The highest BCUT2D eigenvalue weighted by molar-refractivity contribution is 5.75. The summed E-state index contributed by atoms with van der Waals surface area (Å²) in [5, 5.41) is 51.5. The van der Waals surface area contributed by atoms with E-state index >= 15 is 0 Å². The van der Waals surface area contributed by atoms with E-state index in [1.54, 1.807) is 0 Å². The molecule has 0 aromatic carbocycles. The fraction of sp³-hybridized carbons (Fsp3) is 0.667. The van der Waals surface area contributed by atoms with Crippen LogP contribution >= 0.6 is 0 Å². The molecule has 4 unspecified atom stereocenters. The predicted molar refractivity (Wildman–Crippen MR) is 53.8 cm³/mol. The Balaban J connectivity index is -0.000000141. The van der Waals surface area contributed by atoms with Gasteiger partial charge in [-0.25, -0.2) is 9.59 Å². The number of carboxylic acids is 2. The van der Waals surface area contributed by atoms with Crippen molar-refractivity contribution in [3.8, 4) is 0 Å². The number of hydrogen-bond acceptors (Lipinski definition) is 6. The van der Waals surface area contributed by atoms with Gasteiger partial charge in [-0.3, -0.25) is 0 Å². The van der Waals surface area contributed by atoms with Crippen molar-refractivity contribution in [2.24, 2.45) is 0 Å². The van der Waals surface area contributed by atoms with E-state index in [0.717, 1.165) is 0 Å². The molecule has 0 rings (SSSR count). The van der Waals surface area contributed by atoms with Gasteiger partial charge in [-0.15, -0.1) is 0 Å². The molecule has 0 saturated carbocycles. The van der Waals surface area contributed by atoms with Gasteiger partial charge in [-0.2, -0.15) is 0 Å². The van der Waals surface area contributed by atoms with Gasteiger partial charge in [0, 0.05) is 0 Å². The molecule has 4 atom stereocenters. The molecule has 18 heavy (non-hydrogen) atoms. The Hall–Kier alpha value is -1.38. The number of aliphatic hydroxyl groups is 4. The van der Waals surface area contributed by atoms with Gasteiger partial charge >= 0.3 is 11.9 Å². The molecule has 0 bridgehead atoms. The van der Waals surface area contributed by atoms with Crippen molar-refractivity contribution in [1.82, 2.24) is 0 Å². The molecule has 114 valence electrons. The van der Waals surface area contributed by atoms with E-state index in [1.807, 2.05) is 0 Å². The van der Waals surface area contributed by atoms with Crippen LogP contribution in [0, 0.1) is 0 Å². The Labute approximate surface area is 99.6 Å². The van der Waals surface area contributed by atoms with Crippen molar-refractivity contribution in [3.63, 3.8) is 0 Å². The molecule has 12 heteroatoms. The van der Waals surface area contributed by atoms with E-state index in [2.05, 4.69) is 0 Å². The van der Waals surface area contributed by atoms with Crippen LogP contribution in [0.1, 0.15) is 0 Å². The van der Waals surface area contributed by atoms with Gasteiger partial charge in [-0.1, -0.05) is 0 Å². The lowest BCUT2D eigenvalue weighted by atomic mass is 10.0. The Morgan fingerprint density at radius 1 is 0.611 bits per heavy atom. The van der Waals surface area contributed by atoms with E-state index < -0.39 is 36.4 Å².